The van der Waals surface area contributed by atoms with Gasteiger partial charge >= 0.3 is 11.9 Å². The van der Waals surface area contributed by atoms with Gasteiger partial charge in [0.15, 0.2) is 0 Å². The number of benzene rings is 1. The Balaban J connectivity index is 1.92. The van der Waals surface area contributed by atoms with Crippen molar-refractivity contribution in [2.24, 2.45) is 0 Å². The van der Waals surface area contributed by atoms with Crippen molar-refractivity contribution in [2.75, 3.05) is 19.1 Å². The molecule has 3 heterocycles. The number of carbonyl (C=O) groups excluding carboxylic acids is 3. The number of rotatable bonds is 3. The zero-order valence-electron chi connectivity index (χ0n) is 19.7. The lowest BCUT2D eigenvalue weighted by atomic mass is 9.82. The van der Waals surface area contributed by atoms with E-state index in [9.17, 15) is 14.4 Å². The van der Waals surface area contributed by atoms with Gasteiger partial charge in [-0.15, -0.1) is 0 Å². The molecule has 0 bridgehead atoms. The van der Waals surface area contributed by atoms with Crippen molar-refractivity contribution >= 4 is 69.7 Å². The molecule has 180 valence electrons. The molecule has 4 rings (SSSR count). The molecule has 0 unspecified atom stereocenters. The lowest BCUT2D eigenvalue weighted by Gasteiger charge is -2.45. The Hall–Kier alpha value is -2.95. The predicted octanol–water partition coefficient (Wildman–Crippen LogP) is 4.91. The van der Waals surface area contributed by atoms with Gasteiger partial charge < -0.3 is 9.47 Å². The average molecular weight is 527 g/mol. The summed E-state index contributed by atoms with van der Waals surface area (Å²) < 4.78 is 10.4. The van der Waals surface area contributed by atoms with E-state index in [0.717, 1.165) is 34.7 Å². The smallest absolute Gasteiger partial charge is 0.346 e. The van der Waals surface area contributed by atoms with Crippen LogP contribution in [0.15, 0.2) is 56.8 Å². The van der Waals surface area contributed by atoms with Gasteiger partial charge in [0.2, 0.25) is 0 Å². The molecule has 0 saturated carbocycles. The van der Waals surface area contributed by atoms with Crippen LogP contribution in [0, 0.1) is 6.92 Å². The molecule has 0 aliphatic carbocycles. The first-order chi connectivity index (χ1) is 16.6. The van der Waals surface area contributed by atoms with Gasteiger partial charge in [0.25, 0.3) is 5.91 Å². The second-order valence-corrected chi connectivity index (χ2v) is 11.0. The van der Waals surface area contributed by atoms with E-state index in [4.69, 9.17) is 21.7 Å². The van der Waals surface area contributed by atoms with Crippen molar-refractivity contribution in [3.05, 3.63) is 73.5 Å². The van der Waals surface area contributed by atoms with E-state index in [2.05, 4.69) is 4.98 Å². The topological polar surface area (TPSA) is 85.8 Å². The number of amides is 1. The van der Waals surface area contributed by atoms with Gasteiger partial charge in [-0.2, -0.15) is 0 Å². The summed E-state index contributed by atoms with van der Waals surface area (Å²) in [6.45, 7) is 5.71. The van der Waals surface area contributed by atoms with Crippen molar-refractivity contribution < 1.29 is 23.9 Å². The summed E-state index contributed by atoms with van der Waals surface area (Å²) in [4.78, 5) is 45.1. The quantitative estimate of drug-likeness (QED) is 0.315. The van der Waals surface area contributed by atoms with E-state index in [1.54, 1.807) is 23.2 Å². The molecule has 0 spiro atoms. The van der Waals surface area contributed by atoms with Gasteiger partial charge in [0.1, 0.15) is 9.81 Å². The van der Waals surface area contributed by atoms with Crippen molar-refractivity contribution in [1.82, 2.24) is 4.98 Å². The van der Waals surface area contributed by atoms with Crippen LogP contribution < -0.4 is 4.90 Å². The first-order valence-electron chi connectivity index (χ1n) is 10.5. The zero-order chi connectivity index (χ0) is 25.5. The standard InChI is InChI=1S/C25H22N2O5S3/c1-13-8-9-16-15(11-13)17(24-34-18(22(29)31-4)19(35-24)23(30)32-5)20(33)25(2,3)27(16)21(28)14-7-6-10-26-12-14/h6-12H,1-5H3. The third kappa shape index (κ3) is 4.30. The highest BCUT2D eigenvalue weighted by atomic mass is 32.2. The molecule has 0 atom stereocenters. The first kappa shape index (κ1) is 25.2. The number of aryl methyl sites for hydroxylation is 1. The molecule has 35 heavy (non-hydrogen) atoms. The first-order valence-corrected chi connectivity index (χ1v) is 12.6. The van der Waals surface area contributed by atoms with Crippen LogP contribution in [-0.2, 0) is 19.1 Å². The summed E-state index contributed by atoms with van der Waals surface area (Å²) in [7, 11) is 2.52. The van der Waals surface area contributed by atoms with Gasteiger partial charge in [-0.1, -0.05) is 47.4 Å². The van der Waals surface area contributed by atoms with Crippen molar-refractivity contribution in [2.45, 2.75) is 26.3 Å². The Morgan fingerprint density at radius 3 is 2.20 bits per heavy atom. The third-order valence-corrected chi connectivity index (χ3v) is 8.92. The fourth-order valence-electron chi connectivity index (χ4n) is 3.92. The summed E-state index contributed by atoms with van der Waals surface area (Å²) in [6, 6.07) is 9.21. The number of nitrogens with zero attached hydrogens (tertiary/aromatic N) is 2. The van der Waals surface area contributed by atoms with E-state index < -0.39 is 17.5 Å². The Morgan fingerprint density at radius 2 is 1.66 bits per heavy atom. The maximum atomic E-state index is 13.7. The van der Waals surface area contributed by atoms with Crippen molar-refractivity contribution in [3.8, 4) is 0 Å². The predicted molar refractivity (Wildman–Crippen MR) is 142 cm³/mol. The van der Waals surface area contributed by atoms with Crippen LogP contribution in [0.1, 0.15) is 35.3 Å². The van der Waals surface area contributed by atoms with Gasteiger partial charge in [-0.3, -0.25) is 14.7 Å². The Bertz CT molecular complexity index is 1300. The zero-order valence-corrected chi connectivity index (χ0v) is 22.2. The van der Waals surface area contributed by atoms with Crippen molar-refractivity contribution in [1.29, 1.82) is 0 Å². The summed E-state index contributed by atoms with van der Waals surface area (Å²) in [5, 5.41) is 0. The number of carbonyl (C=O) groups is 3. The van der Waals surface area contributed by atoms with Gasteiger partial charge in [0.05, 0.1) is 40.1 Å². The number of aromatic nitrogens is 1. The minimum absolute atomic E-state index is 0.149. The molecule has 2 aliphatic rings. The van der Waals surface area contributed by atoms with Crippen LogP contribution in [0.2, 0.25) is 0 Å². The molecule has 1 amide bonds. The monoisotopic (exact) mass is 526 g/mol. The highest BCUT2D eigenvalue weighted by molar-refractivity contribution is 8.29. The molecule has 1 aromatic carbocycles. The number of hydrogen-bond acceptors (Lipinski definition) is 9. The van der Waals surface area contributed by atoms with Gasteiger partial charge in [-0.25, -0.2) is 9.59 Å². The van der Waals surface area contributed by atoms with Crippen molar-refractivity contribution in [3.63, 3.8) is 0 Å². The number of methoxy groups -OCH3 is 2. The van der Waals surface area contributed by atoms with E-state index in [0.29, 0.717) is 25.9 Å². The number of anilines is 1. The fourth-order valence-corrected chi connectivity index (χ4v) is 6.95. The molecule has 7 nitrogen and oxygen atoms in total. The largest absolute Gasteiger partial charge is 0.465 e. The normalized spacial score (nSPS) is 16.8. The number of thioether (sulfide) groups is 2. The Labute approximate surface area is 217 Å². The molecule has 1 aromatic heterocycles. The lowest BCUT2D eigenvalue weighted by molar-refractivity contribution is -0.138. The number of ether oxygens (including phenoxy) is 2. The highest BCUT2D eigenvalue weighted by Crippen LogP contribution is 2.56. The number of thiocarbonyl (C=S) groups is 1. The SMILES string of the molecule is COC(=O)C1=C(C(=O)OC)SC(=C2C(=S)C(C)(C)N(C(=O)c3cccnc3)c3ccc(C)cc32)S1. The van der Waals surface area contributed by atoms with Gasteiger partial charge in [0, 0.05) is 23.5 Å². The maximum absolute atomic E-state index is 13.7. The fraction of sp³-hybridized carbons (Fsp3) is 0.240. The lowest BCUT2D eigenvalue weighted by Crippen LogP contribution is -2.56. The van der Waals surface area contributed by atoms with E-state index in [1.165, 1.54) is 20.4 Å². The molecule has 0 N–H and O–H groups in total. The van der Waals surface area contributed by atoms with Crippen LogP contribution in [0.3, 0.4) is 0 Å². The molecule has 2 aliphatic heterocycles. The highest BCUT2D eigenvalue weighted by Gasteiger charge is 2.46. The van der Waals surface area contributed by atoms with Crippen LogP contribution in [0.5, 0.6) is 0 Å². The van der Waals surface area contributed by atoms with E-state index in [1.807, 2.05) is 39.0 Å². The Morgan fingerprint density at radius 1 is 1.03 bits per heavy atom. The Kier molecular flexibility index (Phi) is 6.90. The van der Waals surface area contributed by atoms with Crippen LogP contribution in [0.4, 0.5) is 5.69 Å². The summed E-state index contributed by atoms with van der Waals surface area (Å²) in [5.74, 6) is -1.48. The molecule has 0 fully saturated rings. The summed E-state index contributed by atoms with van der Waals surface area (Å²) in [6.07, 6.45) is 3.14. The number of hydrogen-bond donors (Lipinski definition) is 0. The molecule has 0 saturated heterocycles. The molecular weight excluding hydrogens is 504 g/mol. The van der Waals surface area contributed by atoms with E-state index in [-0.39, 0.29) is 15.7 Å². The molecule has 10 heteroatoms. The van der Waals surface area contributed by atoms with Crippen LogP contribution in [-0.4, -0.2) is 47.5 Å². The minimum atomic E-state index is -0.895. The van der Waals surface area contributed by atoms with E-state index >= 15 is 0 Å². The number of fused-ring (bicyclic) bond motifs is 1. The molecular formula is C25H22N2O5S3. The second kappa shape index (κ2) is 9.60. The van der Waals surface area contributed by atoms with Gasteiger partial charge in [-0.05, 0) is 45.0 Å². The molecule has 2 aromatic rings. The molecule has 0 radical (unpaired) electrons. The second-order valence-electron chi connectivity index (χ2n) is 8.30. The number of esters is 2. The average Bonchev–Trinajstić information content (AvgIpc) is 3.29. The maximum Gasteiger partial charge on any atom is 0.346 e. The van der Waals surface area contributed by atoms with Crippen LogP contribution in [0.25, 0.3) is 5.57 Å². The minimum Gasteiger partial charge on any atom is -0.465 e. The summed E-state index contributed by atoms with van der Waals surface area (Å²) in [5.41, 5.74) is 2.65. The van der Waals surface area contributed by atoms with Crippen LogP contribution >= 0.6 is 35.7 Å². The number of pyridine rings is 1. The third-order valence-electron chi connectivity index (χ3n) is 5.66. The summed E-state index contributed by atoms with van der Waals surface area (Å²) >= 11 is 8.24.